The van der Waals surface area contributed by atoms with Gasteiger partial charge in [-0.25, -0.2) is 8.42 Å². The number of benzene rings is 1. The number of fused-ring (bicyclic) bond motifs is 2. The molecule has 5 nitrogen and oxygen atoms in total. The predicted octanol–water partition coefficient (Wildman–Crippen LogP) is 4.21. The lowest BCUT2D eigenvalue weighted by Crippen LogP contribution is -2.38. The predicted molar refractivity (Wildman–Crippen MR) is 114 cm³/mol. The van der Waals surface area contributed by atoms with Crippen LogP contribution in [0.4, 0.5) is 0 Å². The molecule has 3 aliphatic rings. The number of hydrogen-bond acceptors (Lipinski definition) is 3. The minimum Gasteiger partial charge on any atom is -0.335 e. The van der Waals surface area contributed by atoms with E-state index in [1.807, 2.05) is 11.8 Å². The molecular weight excluding hydrogens is 384 g/mol. The number of carbonyl (C=O) groups excluding carboxylic acids is 1. The van der Waals surface area contributed by atoms with Crippen LogP contribution in [0.1, 0.15) is 75.2 Å². The maximum atomic E-state index is 13.4. The standard InChI is InChI=1S/C23H34N2O3S/c1-17-8-9-18(14-20(17)29(27,28)24-12-6-5-7-13-24)21(26)25-16-23(4)15-19(25)10-11-22(23,2)3/h8-9,14,19H,5-7,10-13,15-16H2,1-4H3/t19-,23+/m1/s1. The minimum absolute atomic E-state index is 0.0217. The number of piperidine rings is 1. The summed E-state index contributed by atoms with van der Waals surface area (Å²) in [5, 5.41) is 0. The van der Waals surface area contributed by atoms with Crippen molar-refractivity contribution >= 4 is 15.9 Å². The zero-order chi connectivity index (χ0) is 21.0. The number of hydrogen-bond donors (Lipinski definition) is 0. The van der Waals surface area contributed by atoms with Crippen molar-refractivity contribution < 1.29 is 13.2 Å². The molecule has 2 bridgehead atoms. The van der Waals surface area contributed by atoms with E-state index in [1.165, 1.54) is 0 Å². The maximum Gasteiger partial charge on any atom is 0.254 e. The fourth-order valence-corrected chi connectivity index (χ4v) is 7.20. The lowest BCUT2D eigenvalue weighted by Gasteiger charge is -2.44. The Morgan fingerprint density at radius 2 is 1.79 bits per heavy atom. The van der Waals surface area contributed by atoms with Crippen molar-refractivity contribution in [2.75, 3.05) is 19.6 Å². The van der Waals surface area contributed by atoms with Crippen LogP contribution < -0.4 is 0 Å². The number of carbonyl (C=O) groups is 1. The molecule has 1 amide bonds. The average molecular weight is 419 g/mol. The second kappa shape index (κ2) is 7.09. The highest BCUT2D eigenvalue weighted by Crippen LogP contribution is 2.56. The van der Waals surface area contributed by atoms with Gasteiger partial charge in [-0.3, -0.25) is 4.79 Å². The van der Waals surface area contributed by atoms with Crippen LogP contribution in [0.5, 0.6) is 0 Å². The summed E-state index contributed by atoms with van der Waals surface area (Å²) in [7, 11) is -3.56. The third kappa shape index (κ3) is 3.42. The fourth-order valence-electron chi connectivity index (χ4n) is 5.44. The summed E-state index contributed by atoms with van der Waals surface area (Å²) in [4.78, 5) is 15.7. The van der Waals surface area contributed by atoms with Crippen molar-refractivity contribution in [1.29, 1.82) is 0 Å². The Kier molecular flexibility index (Phi) is 5.10. The molecule has 1 saturated carbocycles. The van der Waals surface area contributed by atoms with Crippen LogP contribution in [0.25, 0.3) is 0 Å². The maximum absolute atomic E-state index is 13.4. The Morgan fingerprint density at radius 1 is 1.10 bits per heavy atom. The summed E-state index contributed by atoms with van der Waals surface area (Å²) in [6.45, 7) is 10.6. The molecule has 0 N–H and O–H groups in total. The Balaban J connectivity index is 1.63. The van der Waals surface area contributed by atoms with E-state index < -0.39 is 10.0 Å². The van der Waals surface area contributed by atoms with E-state index in [-0.39, 0.29) is 22.8 Å². The van der Waals surface area contributed by atoms with Crippen LogP contribution in [0.15, 0.2) is 23.1 Å². The molecule has 160 valence electrons. The Labute approximate surface area is 175 Å². The van der Waals surface area contributed by atoms with Crippen LogP contribution in [-0.2, 0) is 10.0 Å². The Bertz CT molecular complexity index is 918. The summed E-state index contributed by atoms with van der Waals surface area (Å²) >= 11 is 0. The third-order valence-electron chi connectivity index (χ3n) is 8.01. The molecule has 2 atom stereocenters. The molecule has 29 heavy (non-hydrogen) atoms. The summed E-state index contributed by atoms with van der Waals surface area (Å²) in [6.07, 6.45) is 6.08. The number of nitrogens with zero attached hydrogens (tertiary/aromatic N) is 2. The smallest absolute Gasteiger partial charge is 0.254 e. The molecule has 0 aromatic heterocycles. The largest absolute Gasteiger partial charge is 0.335 e. The molecule has 0 unspecified atom stereocenters. The highest BCUT2D eigenvalue weighted by molar-refractivity contribution is 7.89. The highest BCUT2D eigenvalue weighted by atomic mass is 32.2. The summed E-state index contributed by atoms with van der Waals surface area (Å²) in [5.41, 5.74) is 1.55. The molecule has 4 rings (SSSR count). The van der Waals surface area contributed by atoms with Gasteiger partial charge in [0.15, 0.2) is 0 Å². The molecule has 0 spiro atoms. The van der Waals surface area contributed by atoms with Crippen LogP contribution in [-0.4, -0.2) is 49.2 Å². The van der Waals surface area contributed by atoms with E-state index in [1.54, 1.807) is 22.5 Å². The topological polar surface area (TPSA) is 57.7 Å². The zero-order valence-electron chi connectivity index (χ0n) is 18.2. The van der Waals surface area contributed by atoms with Gasteiger partial charge in [-0.15, -0.1) is 0 Å². The van der Waals surface area contributed by atoms with E-state index in [0.717, 1.165) is 45.1 Å². The first-order valence-corrected chi connectivity index (χ1v) is 12.4. The summed E-state index contributed by atoms with van der Waals surface area (Å²) in [6, 6.07) is 5.47. The quantitative estimate of drug-likeness (QED) is 0.739. The minimum atomic E-state index is -3.56. The van der Waals surface area contributed by atoms with Gasteiger partial charge in [-0.05, 0) is 67.6 Å². The number of rotatable bonds is 3. The van der Waals surface area contributed by atoms with Gasteiger partial charge in [0.1, 0.15) is 0 Å². The van der Waals surface area contributed by atoms with Crippen molar-refractivity contribution in [3.05, 3.63) is 29.3 Å². The van der Waals surface area contributed by atoms with Crippen LogP contribution in [0, 0.1) is 17.8 Å². The van der Waals surface area contributed by atoms with Gasteiger partial charge in [-0.2, -0.15) is 4.31 Å². The molecule has 1 aromatic carbocycles. The molecular formula is C23H34N2O3S. The van der Waals surface area contributed by atoms with E-state index in [9.17, 15) is 13.2 Å². The highest BCUT2D eigenvalue weighted by Gasteiger charge is 2.54. The number of aryl methyl sites for hydroxylation is 1. The monoisotopic (exact) mass is 418 g/mol. The Morgan fingerprint density at radius 3 is 2.45 bits per heavy atom. The summed E-state index contributed by atoms with van der Waals surface area (Å²) in [5.74, 6) is -0.0217. The van der Waals surface area contributed by atoms with Crippen LogP contribution >= 0.6 is 0 Å². The molecule has 6 heteroatoms. The van der Waals surface area contributed by atoms with Gasteiger partial charge in [0, 0.05) is 31.2 Å². The number of sulfonamides is 1. The van der Waals surface area contributed by atoms with Gasteiger partial charge >= 0.3 is 0 Å². The normalized spacial score (nSPS) is 29.8. The van der Waals surface area contributed by atoms with E-state index in [0.29, 0.717) is 29.1 Å². The molecule has 2 heterocycles. The lowest BCUT2D eigenvalue weighted by atomic mass is 9.60. The van der Waals surface area contributed by atoms with Crippen molar-refractivity contribution in [2.24, 2.45) is 10.8 Å². The van der Waals surface area contributed by atoms with Crippen molar-refractivity contribution in [3.8, 4) is 0 Å². The molecule has 2 saturated heterocycles. The number of likely N-dealkylation sites (tertiary alicyclic amines) is 1. The van der Waals surface area contributed by atoms with Crippen molar-refractivity contribution in [1.82, 2.24) is 9.21 Å². The van der Waals surface area contributed by atoms with Gasteiger partial charge in [0.05, 0.1) is 4.90 Å². The third-order valence-corrected chi connectivity index (χ3v) is 10.1. The lowest BCUT2D eigenvalue weighted by molar-refractivity contribution is 0.0692. The van der Waals surface area contributed by atoms with E-state index in [4.69, 9.17) is 0 Å². The zero-order valence-corrected chi connectivity index (χ0v) is 19.0. The van der Waals surface area contributed by atoms with Crippen LogP contribution in [0.2, 0.25) is 0 Å². The van der Waals surface area contributed by atoms with Gasteiger partial charge in [0.25, 0.3) is 5.91 Å². The van der Waals surface area contributed by atoms with Crippen LogP contribution in [0.3, 0.4) is 0 Å². The molecule has 1 aromatic rings. The Hall–Kier alpha value is -1.40. The van der Waals surface area contributed by atoms with E-state index >= 15 is 0 Å². The fraction of sp³-hybridized carbons (Fsp3) is 0.696. The molecule has 2 aliphatic heterocycles. The second-order valence-corrected chi connectivity index (χ2v) is 12.1. The van der Waals surface area contributed by atoms with Gasteiger partial charge in [0.2, 0.25) is 10.0 Å². The van der Waals surface area contributed by atoms with E-state index in [2.05, 4.69) is 20.8 Å². The van der Waals surface area contributed by atoms with Crippen molar-refractivity contribution in [2.45, 2.75) is 77.2 Å². The molecule has 0 radical (unpaired) electrons. The summed E-state index contributed by atoms with van der Waals surface area (Å²) < 4.78 is 28.0. The van der Waals surface area contributed by atoms with Crippen molar-refractivity contribution in [3.63, 3.8) is 0 Å². The molecule has 1 aliphatic carbocycles. The van der Waals surface area contributed by atoms with Gasteiger partial charge in [-0.1, -0.05) is 33.3 Å². The SMILES string of the molecule is Cc1ccc(C(=O)N2C[C@]3(C)C[C@H]2CCC3(C)C)cc1S(=O)(=O)N1CCCCC1. The first-order chi connectivity index (χ1) is 13.6. The first-order valence-electron chi connectivity index (χ1n) is 11.0. The molecule has 3 fully saturated rings. The second-order valence-electron chi connectivity index (χ2n) is 10.2. The first kappa shape index (κ1) is 20.9. The number of amides is 1. The average Bonchev–Trinajstić information content (AvgIpc) is 3.01. The van der Waals surface area contributed by atoms with Gasteiger partial charge < -0.3 is 4.90 Å².